The topological polar surface area (TPSA) is 36.4 Å². The van der Waals surface area contributed by atoms with Crippen LogP contribution in [-0.4, -0.2) is 11.3 Å². The van der Waals surface area contributed by atoms with Gasteiger partial charge in [0.15, 0.2) is 5.11 Å². The van der Waals surface area contributed by atoms with Gasteiger partial charge in [0.05, 0.1) is 6.21 Å². The average molecular weight is 309 g/mol. The maximum absolute atomic E-state index is 5.18. The molecule has 0 unspecified atom stereocenters. The molecule has 2 rings (SSSR count). The van der Waals surface area contributed by atoms with Crippen molar-refractivity contribution in [3.05, 3.63) is 77.4 Å². The van der Waals surface area contributed by atoms with Crippen molar-refractivity contribution in [3.8, 4) is 0 Å². The predicted molar refractivity (Wildman–Crippen MR) is 97.6 cm³/mol. The zero-order valence-corrected chi connectivity index (χ0v) is 13.3. The summed E-state index contributed by atoms with van der Waals surface area (Å²) in [5.74, 6) is 0. The third-order valence-corrected chi connectivity index (χ3v) is 3.16. The molecule has 0 heterocycles. The zero-order chi connectivity index (χ0) is 15.6. The number of allylic oxidation sites excluding steroid dienone is 1. The summed E-state index contributed by atoms with van der Waals surface area (Å²) >= 11 is 5.18. The Hall–Kier alpha value is -2.46. The van der Waals surface area contributed by atoms with Gasteiger partial charge in [0.2, 0.25) is 0 Å². The molecule has 0 amide bonds. The normalized spacial score (nSPS) is 11.4. The first-order valence-electron chi connectivity index (χ1n) is 7.08. The monoisotopic (exact) mass is 309 g/mol. The van der Waals surface area contributed by atoms with E-state index in [1.54, 1.807) is 6.21 Å². The zero-order valence-electron chi connectivity index (χ0n) is 12.5. The van der Waals surface area contributed by atoms with Gasteiger partial charge in [-0.2, -0.15) is 5.10 Å². The van der Waals surface area contributed by atoms with E-state index in [1.165, 1.54) is 5.56 Å². The first-order chi connectivity index (χ1) is 10.7. The Labute approximate surface area is 136 Å². The van der Waals surface area contributed by atoms with E-state index in [4.69, 9.17) is 12.2 Å². The van der Waals surface area contributed by atoms with Gasteiger partial charge in [-0.25, -0.2) is 0 Å². The van der Waals surface area contributed by atoms with Crippen molar-refractivity contribution in [2.75, 3.05) is 0 Å². The largest absolute Gasteiger partial charge is 0.357 e. The molecule has 0 saturated heterocycles. The lowest BCUT2D eigenvalue weighted by molar-refractivity contribution is 0.869. The van der Waals surface area contributed by atoms with Gasteiger partial charge in [0.25, 0.3) is 0 Å². The smallest absolute Gasteiger partial charge is 0.187 e. The van der Waals surface area contributed by atoms with Crippen LogP contribution >= 0.6 is 12.2 Å². The summed E-state index contributed by atoms with van der Waals surface area (Å²) in [5, 5.41) is 7.75. The Balaban J connectivity index is 1.77. The van der Waals surface area contributed by atoms with E-state index in [2.05, 4.69) is 34.1 Å². The molecule has 0 aliphatic rings. The molecule has 0 bridgehead atoms. The van der Waals surface area contributed by atoms with E-state index in [0.29, 0.717) is 11.7 Å². The average Bonchev–Trinajstić information content (AvgIpc) is 2.55. The summed E-state index contributed by atoms with van der Waals surface area (Å²) in [4.78, 5) is 0. The van der Waals surface area contributed by atoms with Gasteiger partial charge in [0, 0.05) is 6.54 Å². The van der Waals surface area contributed by atoms with Crippen molar-refractivity contribution in [1.82, 2.24) is 10.7 Å². The second-order valence-corrected chi connectivity index (χ2v) is 5.25. The van der Waals surface area contributed by atoms with E-state index in [1.807, 2.05) is 55.5 Å². The van der Waals surface area contributed by atoms with Gasteiger partial charge in [-0.3, -0.25) is 5.43 Å². The van der Waals surface area contributed by atoms with Crippen LogP contribution in [0.15, 0.2) is 71.3 Å². The summed E-state index contributed by atoms with van der Waals surface area (Å²) in [5.41, 5.74) is 6.19. The molecular weight excluding hydrogens is 290 g/mol. The molecule has 0 saturated carbocycles. The van der Waals surface area contributed by atoms with E-state index < -0.39 is 0 Å². The predicted octanol–water partition coefficient (Wildman–Crippen LogP) is 3.74. The summed E-state index contributed by atoms with van der Waals surface area (Å²) in [6, 6.07) is 20.2. The Kier molecular flexibility index (Phi) is 6.33. The minimum Gasteiger partial charge on any atom is -0.357 e. The Bertz CT molecular complexity index is 649. The second-order valence-electron chi connectivity index (χ2n) is 4.84. The van der Waals surface area contributed by atoms with E-state index in [9.17, 15) is 0 Å². The van der Waals surface area contributed by atoms with Crippen LogP contribution in [0, 0.1) is 0 Å². The lowest BCUT2D eigenvalue weighted by Gasteiger charge is -2.06. The summed E-state index contributed by atoms with van der Waals surface area (Å²) in [7, 11) is 0. The molecule has 0 aliphatic carbocycles. The van der Waals surface area contributed by atoms with Crippen LogP contribution in [0.4, 0.5) is 0 Å². The van der Waals surface area contributed by atoms with Gasteiger partial charge in [0.1, 0.15) is 0 Å². The van der Waals surface area contributed by atoms with Gasteiger partial charge in [-0.05, 0) is 35.8 Å². The van der Waals surface area contributed by atoms with Gasteiger partial charge >= 0.3 is 0 Å². The number of thiocarbonyl (C=S) groups is 1. The first kappa shape index (κ1) is 15.9. The molecular formula is C18H19N3S. The number of hydrazone groups is 1. The maximum Gasteiger partial charge on any atom is 0.187 e. The van der Waals surface area contributed by atoms with Crippen LogP contribution in [-0.2, 0) is 6.54 Å². The third-order valence-electron chi connectivity index (χ3n) is 2.92. The van der Waals surface area contributed by atoms with Crippen molar-refractivity contribution in [2.45, 2.75) is 13.5 Å². The van der Waals surface area contributed by atoms with Gasteiger partial charge in [-0.15, -0.1) is 0 Å². The fourth-order valence-corrected chi connectivity index (χ4v) is 1.98. The highest BCUT2D eigenvalue weighted by molar-refractivity contribution is 7.80. The molecule has 0 spiro atoms. The minimum absolute atomic E-state index is 0.507. The number of rotatable bonds is 5. The SMILES string of the molecule is CC(/C=N/NC(=S)NCc1ccccc1)=C\c1ccccc1. The number of nitrogens with one attached hydrogen (secondary N) is 2. The Morgan fingerprint density at radius 3 is 2.36 bits per heavy atom. The molecule has 0 aliphatic heterocycles. The lowest BCUT2D eigenvalue weighted by Crippen LogP contribution is -2.31. The highest BCUT2D eigenvalue weighted by Crippen LogP contribution is 2.04. The number of benzene rings is 2. The van der Waals surface area contributed by atoms with Crippen molar-refractivity contribution in [3.63, 3.8) is 0 Å². The molecule has 112 valence electrons. The first-order valence-corrected chi connectivity index (χ1v) is 7.49. The highest BCUT2D eigenvalue weighted by Gasteiger charge is 1.94. The quantitative estimate of drug-likeness (QED) is 0.502. The second kappa shape index (κ2) is 8.74. The minimum atomic E-state index is 0.507. The molecule has 4 heteroatoms. The summed E-state index contributed by atoms with van der Waals surface area (Å²) in [6.45, 7) is 2.68. The Morgan fingerprint density at radius 1 is 1.05 bits per heavy atom. The molecule has 0 radical (unpaired) electrons. The molecule has 2 aromatic rings. The fourth-order valence-electron chi connectivity index (χ4n) is 1.86. The standard InChI is InChI=1S/C18H19N3S/c1-15(12-16-8-4-2-5-9-16)13-20-21-18(22)19-14-17-10-6-3-7-11-17/h2-13H,14H2,1H3,(H2,19,21,22)/b15-12+,20-13+. The lowest BCUT2D eigenvalue weighted by atomic mass is 10.1. The van der Waals surface area contributed by atoms with Crippen molar-refractivity contribution in [2.24, 2.45) is 5.10 Å². The van der Waals surface area contributed by atoms with E-state index >= 15 is 0 Å². The fraction of sp³-hybridized carbons (Fsp3) is 0.111. The maximum atomic E-state index is 5.18. The van der Waals surface area contributed by atoms with E-state index in [-0.39, 0.29) is 0 Å². The van der Waals surface area contributed by atoms with Crippen LogP contribution in [0.2, 0.25) is 0 Å². The van der Waals surface area contributed by atoms with Crippen molar-refractivity contribution < 1.29 is 0 Å². The summed E-state index contributed by atoms with van der Waals surface area (Å²) in [6.07, 6.45) is 3.81. The molecule has 0 aromatic heterocycles. The molecule has 0 atom stereocenters. The van der Waals surface area contributed by atoms with Crippen LogP contribution in [0.25, 0.3) is 6.08 Å². The van der Waals surface area contributed by atoms with Crippen LogP contribution in [0.3, 0.4) is 0 Å². The molecule has 0 fully saturated rings. The highest BCUT2D eigenvalue weighted by atomic mass is 32.1. The number of hydrogen-bond donors (Lipinski definition) is 2. The summed E-state index contributed by atoms with van der Waals surface area (Å²) < 4.78 is 0. The van der Waals surface area contributed by atoms with Gasteiger partial charge < -0.3 is 5.32 Å². The number of nitrogens with zero attached hydrogens (tertiary/aromatic N) is 1. The van der Waals surface area contributed by atoms with Crippen molar-refractivity contribution in [1.29, 1.82) is 0 Å². The van der Waals surface area contributed by atoms with Crippen LogP contribution < -0.4 is 10.7 Å². The number of hydrogen-bond acceptors (Lipinski definition) is 2. The third kappa shape index (κ3) is 5.89. The van der Waals surface area contributed by atoms with E-state index in [0.717, 1.165) is 11.1 Å². The van der Waals surface area contributed by atoms with Crippen LogP contribution in [0.5, 0.6) is 0 Å². The van der Waals surface area contributed by atoms with Gasteiger partial charge in [-0.1, -0.05) is 66.7 Å². The Morgan fingerprint density at radius 2 is 1.68 bits per heavy atom. The van der Waals surface area contributed by atoms with Crippen molar-refractivity contribution >= 4 is 29.6 Å². The molecule has 22 heavy (non-hydrogen) atoms. The molecule has 3 nitrogen and oxygen atoms in total. The molecule has 2 aromatic carbocycles. The molecule has 2 N–H and O–H groups in total. The van der Waals surface area contributed by atoms with Crippen LogP contribution in [0.1, 0.15) is 18.1 Å².